The first-order chi connectivity index (χ1) is 26.5. The first kappa shape index (κ1) is 36.5. The van der Waals surface area contributed by atoms with Crippen LogP contribution < -0.4 is 39.2 Å². The number of ether oxygens (including phenoxy) is 5. The molecule has 2 aromatic carbocycles. The molecule has 17 nitrogen and oxygen atoms in total. The Balaban J connectivity index is 1.03. The lowest BCUT2D eigenvalue weighted by Crippen LogP contribution is -2.42. The van der Waals surface area contributed by atoms with E-state index < -0.39 is 18.1 Å². The molecule has 0 unspecified atom stereocenters. The zero-order chi connectivity index (χ0) is 39.0. The van der Waals surface area contributed by atoms with Gasteiger partial charge < -0.3 is 48.8 Å². The van der Waals surface area contributed by atoms with Crippen molar-refractivity contribution in [3.8, 4) is 28.9 Å². The fraction of sp³-hybridized carbons (Fsp3) is 0.297. The van der Waals surface area contributed by atoms with E-state index in [2.05, 4.69) is 42.2 Å². The highest BCUT2D eigenvalue weighted by Gasteiger charge is 2.36. The highest BCUT2D eigenvalue weighted by molar-refractivity contribution is 6.16. The number of nitrogens with one attached hydrogen (secondary N) is 3. The van der Waals surface area contributed by atoms with Gasteiger partial charge in [-0.05, 0) is 24.3 Å². The number of halogens is 1. The van der Waals surface area contributed by atoms with E-state index in [1.165, 1.54) is 33.5 Å². The molecule has 0 bridgehead atoms. The monoisotopic (exact) mass is 754 g/mol. The number of H-pyrrole nitrogens is 1. The van der Waals surface area contributed by atoms with Crippen molar-refractivity contribution in [2.24, 2.45) is 14.1 Å². The summed E-state index contributed by atoms with van der Waals surface area (Å²) < 4.78 is 46.6. The number of fused-ring (bicyclic) bond motifs is 2. The van der Waals surface area contributed by atoms with Gasteiger partial charge in [0.15, 0.2) is 34.3 Å². The number of carbonyl (C=O) groups excluding carboxylic acids is 2. The van der Waals surface area contributed by atoms with Crippen molar-refractivity contribution in [3.05, 3.63) is 72.3 Å². The van der Waals surface area contributed by atoms with Crippen LogP contribution in [-0.4, -0.2) is 106 Å². The molecule has 0 spiro atoms. The normalized spacial score (nSPS) is 15.3. The van der Waals surface area contributed by atoms with Crippen LogP contribution in [0, 0.1) is 0 Å². The Morgan fingerprint density at radius 1 is 1.02 bits per heavy atom. The van der Waals surface area contributed by atoms with Crippen LogP contribution in [0.2, 0.25) is 0 Å². The topological polar surface area (TPSA) is 185 Å². The Bertz CT molecular complexity index is 2410. The first-order valence-electron chi connectivity index (χ1n) is 17.0. The highest BCUT2D eigenvalue weighted by Crippen LogP contribution is 2.40. The van der Waals surface area contributed by atoms with Crippen molar-refractivity contribution in [1.29, 1.82) is 0 Å². The Hall–Kier alpha value is -6.85. The zero-order valence-electron chi connectivity index (χ0n) is 31.0. The van der Waals surface area contributed by atoms with Gasteiger partial charge >= 0.3 is 0 Å². The number of aromatic nitrogens is 7. The molecule has 3 N–H and O–H groups in total. The second-order valence-corrected chi connectivity index (χ2v) is 12.8. The van der Waals surface area contributed by atoms with Crippen molar-refractivity contribution in [3.63, 3.8) is 0 Å². The summed E-state index contributed by atoms with van der Waals surface area (Å²) in [6.07, 6.45) is 3.53. The number of nitrogens with zero attached hydrogens (tertiary/aromatic N) is 7. The van der Waals surface area contributed by atoms with Gasteiger partial charge in [-0.25, -0.2) is 9.37 Å². The maximum atomic E-state index is 15.5. The van der Waals surface area contributed by atoms with Crippen LogP contribution in [0.1, 0.15) is 15.9 Å². The molecular formula is C37H39FN10O7. The van der Waals surface area contributed by atoms with Gasteiger partial charge in [-0.15, -0.1) is 5.10 Å². The molecule has 1 aliphatic rings. The molecule has 286 valence electrons. The van der Waals surface area contributed by atoms with Crippen LogP contribution in [0.5, 0.6) is 28.9 Å². The smallest absolute Gasteiger partial charge is 0.256 e. The minimum absolute atomic E-state index is 0.0218. The van der Waals surface area contributed by atoms with Gasteiger partial charge in [0.25, 0.3) is 5.88 Å². The number of aromatic amines is 1. The van der Waals surface area contributed by atoms with Gasteiger partial charge in [0.05, 0.1) is 53.5 Å². The lowest BCUT2D eigenvalue weighted by molar-refractivity contribution is -0.118. The Kier molecular flexibility index (Phi) is 9.88. The molecule has 1 fully saturated rings. The molecule has 0 saturated carbocycles. The standard InChI is InChI=1S/C37H39FN10O7/c1-19(17-55-32-28(52-5)10-20(11-29(32)53-6)31(49)23-13-39-25-12-21(51-4)8-9-22(23)25)35(50)42-26-16-48(14-24(26)38)37-43-33(30-34(44-37)46(2)18-40-30)41-27-15-47(3)45-36(27)54-7/h8-13,15,18,24,26,39H,1,14,16-17H2,2-7H3,(H,42,50)(H,41,43,44)/t24-,26-/m1/s1. The molecule has 1 amide bonds. The van der Waals surface area contributed by atoms with E-state index in [-0.39, 0.29) is 54.2 Å². The van der Waals surface area contributed by atoms with Gasteiger partial charge in [0, 0.05) is 60.5 Å². The maximum absolute atomic E-state index is 15.5. The molecule has 18 heteroatoms. The summed E-state index contributed by atoms with van der Waals surface area (Å²) in [6.45, 7) is 3.60. The second-order valence-electron chi connectivity index (χ2n) is 12.8. The van der Waals surface area contributed by atoms with E-state index in [0.29, 0.717) is 45.4 Å². The number of methoxy groups -OCH3 is 4. The van der Waals surface area contributed by atoms with E-state index >= 15 is 4.39 Å². The molecule has 1 saturated heterocycles. The third-order valence-electron chi connectivity index (χ3n) is 9.21. The number of hydrogen-bond donors (Lipinski definition) is 3. The van der Waals surface area contributed by atoms with Crippen molar-refractivity contribution >= 4 is 51.2 Å². The van der Waals surface area contributed by atoms with Crippen molar-refractivity contribution in [1.82, 2.24) is 39.6 Å². The Morgan fingerprint density at radius 3 is 2.49 bits per heavy atom. The number of anilines is 3. The lowest BCUT2D eigenvalue weighted by Gasteiger charge is -2.19. The summed E-state index contributed by atoms with van der Waals surface area (Å²) in [7, 11) is 9.48. The van der Waals surface area contributed by atoms with Gasteiger partial charge in [-0.1, -0.05) is 6.58 Å². The number of rotatable bonds is 14. The fourth-order valence-electron chi connectivity index (χ4n) is 6.34. The summed E-state index contributed by atoms with van der Waals surface area (Å²) in [5.41, 5.74) is 3.08. The number of hydrogen-bond acceptors (Lipinski definition) is 13. The molecule has 2 atom stereocenters. The molecule has 4 aromatic heterocycles. The summed E-state index contributed by atoms with van der Waals surface area (Å²) in [5.74, 6) is 1.31. The van der Waals surface area contributed by atoms with Gasteiger partial charge in [0.2, 0.25) is 17.6 Å². The summed E-state index contributed by atoms with van der Waals surface area (Å²) >= 11 is 0. The van der Waals surface area contributed by atoms with Crippen LogP contribution in [0.4, 0.5) is 21.8 Å². The number of benzene rings is 2. The van der Waals surface area contributed by atoms with Crippen LogP contribution in [0.3, 0.4) is 0 Å². The largest absolute Gasteiger partial charge is 0.497 e. The predicted molar refractivity (Wildman–Crippen MR) is 201 cm³/mol. The third kappa shape index (κ3) is 7.00. The average Bonchev–Trinajstić information content (AvgIpc) is 3.98. The summed E-state index contributed by atoms with van der Waals surface area (Å²) in [6, 6.07) is 7.55. The van der Waals surface area contributed by atoms with Crippen molar-refractivity contribution < 1.29 is 37.7 Å². The van der Waals surface area contributed by atoms with E-state index in [1.54, 1.807) is 72.3 Å². The Labute approximate surface area is 314 Å². The minimum atomic E-state index is -1.44. The van der Waals surface area contributed by atoms with E-state index in [4.69, 9.17) is 23.7 Å². The number of ketones is 1. The molecular weight excluding hydrogens is 715 g/mol. The highest BCUT2D eigenvalue weighted by atomic mass is 19.1. The van der Waals surface area contributed by atoms with Crippen LogP contribution >= 0.6 is 0 Å². The molecule has 6 aromatic rings. The lowest BCUT2D eigenvalue weighted by atomic mass is 10.0. The molecule has 1 aliphatic heterocycles. The Morgan fingerprint density at radius 2 is 1.78 bits per heavy atom. The van der Waals surface area contributed by atoms with Gasteiger partial charge in [-0.3, -0.25) is 14.3 Å². The first-order valence-corrected chi connectivity index (χ1v) is 17.0. The zero-order valence-corrected chi connectivity index (χ0v) is 31.0. The number of imidazole rings is 1. The number of aryl methyl sites for hydroxylation is 2. The minimum Gasteiger partial charge on any atom is -0.497 e. The molecule has 0 radical (unpaired) electrons. The van der Waals surface area contributed by atoms with Gasteiger partial charge in [-0.2, -0.15) is 9.97 Å². The third-order valence-corrected chi connectivity index (χ3v) is 9.21. The van der Waals surface area contributed by atoms with Crippen molar-refractivity contribution in [2.45, 2.75) is 12.2 Å². The fourth-order valence-corrected chi connectivity index (χ4v) is 6.34. The molecule has 0 aliphatic carbocycles. The summed E-state index contributed by atoms with van der Waals surface area (Å²) in [4.78, 5) is 45.4. The molecule has 7 rings (SSSR count). The second kappa shape index (κ2) is 14.9. The van der Waals surface area contributed by atoms with Gasteiger partial charge in [0.1, 0.15) is 24.2 Å². The summed E-state index contributed by atoms with van der Waals surface area (Å²) in [5, 5.41) is 10.9. The number of carbonyl (C=O) groups is 2. The van der Waals surface area contributed by atoms with Crippen molar-refractivity contribution in [2.75, 3.05) is 58.4 Å². The van der Waals surface area contributed by atoms with E-state index in [0.717, 1.165) is 10.9 Å². The SMILES string of the molecule is C=C(COc1c(OC)cc(C(=O)c2c[nH]c3cc(OC)ccc23)cc1OC)C(=O)N[C@@H]1CN(c2nc(Nc3cn(C)nc3OC)c3ncn(C)c3n2)C[C@H]1F. The predicted octanol–water partition coefficient (Wildman–Crippen LogP) is 3.87. The number of alkyl halides is 1. The van der Waals surface area contributed by atoms with Crippen LogP contribution in [0.15, 0.2) is 61.2 Å². The quantitative estimate of drug-likeness (QED) is 0.108. The maximum Gasteiger partial charge on any atom is 0.256 e. The molecule has 5 heterocycles. The van der Waals surface area contributed by atoms with Crippen LogP contribution in [0.25, 0.3) is 22.1 Å². The number of amides is 1. The molecule has 55 heavy (non-hydrogen) atoms. The average molecular weight is 755 g/mol. The van der Waals surface area contributed by atoms with E-state index in [9.17, 15) is 9.59 Å². The van der Waals surface area contributed by atoms with E-state index in [1.807, 2.05) is 0 Å². The van der Waals surface area contributed by atoms with Crippen LogP contribution in [-0.2, 0) is 18.9 Å².